The highest BCUT2D eigenvalue weighted by Gasteiger charge is 2.20. The van der Waals surface area contributed by atoms with Gasteiger partial charge in [0.2, 0.25) is 0 Å². The lowest BCUT2D eigenvalue weighted by atomic mass is 10.2. The number of benzene rings is 1. The van der Waals surface area contributed by atoms with Crippen molar-refractivity contribution in [3.8, 4) is 11.8 Å². The van der Waals surface area contributed by atoms with E-state index in [0.717, 1.165) is 0 Å². The van der Waals surface area contributed by atoms with E-state index in [4.69, 9.17) is 10.00 Å². The Bertz CT molecular complexity index is 512. The SMILES string of the molecule is N#Cc1ccc(OCC(=O)N2CCS(=O)CC2)cc1. The predicted molar refractivity (Wildman–Crippen MR) is 71.1 cm³/mol. The molecular formula is C13H14N2O3S. The molecule has 0 saturated carbocycles. The van der Waals surface area contributed by atoms with E-state index in [2.05, 4.69) is 0 Å². The molecule has 0 bridgehead atoms. The molecule has 1 amide bonds. The first kappa shape index (κ1) is 13.6. The zero-order chi connectivity index (χ0) is 13.7. The minimum atomic E-state index is -0.786. The Labute approximate surface area is 114 Å². The first-order chi connectivity index (χ1) is 9.19. The van der Waals surface area contributed by atoms with Crippen molar-refractivity contribution in [2.75, 3.05) is 31.2 Å². The summed E-state index contributed by atoms with van der Waals surface area (Å²) >= 11 is 0. The fraction of sp³-hybridized carbons (Fsp3) is 0.385. The largest absolute Gasteiger partial charge is 0.484 e. The maximum atomic E-state index is 11.9. The average Bonchev–Trinajstić information content (AvgIpc) is 2.46. The molecule has 100 valence electrons. The summed E-state index contributed by atoms with van der Waals surface area (Å²) in [6, 6.07) is 8.63. The highest BCUT2D eigenvalue weighted by molar-refractivity contribution is 7.85. The minimum absolute atomic E-state index is 0.0292. The third kappa shape index (κ3) is 3.80. The van der Waals surface area contributed by atoms with Crippen LogP contribution < -0.4 is 4.74 Å². The maximum Gasteiger partial charge on any atom is 0.260 e. The van der Waals surface area contributed by atoms with Crippen molar-refractivity contribution in [1.29, 1.82) is 5.26 Å². The van der Waals surface area contributed by atoms with E-state index in [-0.39, 0.29) is 12.5 Å². The number of amides is 1. The monoisotopic (exact) mass is 278 g/mol. The van der Waals surface area contributed by atoms with E-state index < -0.39 is 10.8 Å². The van der Waals surface area contributed by atoms with Crippen LogP contribution in [0, 0.1) is 11.3 Å². The van der Waals surface area contributed by atoms with Gasteiger partial charge in [-0.2, -0.15) is 5.26 Å². The Morgan fingerprint density at radius 2 is 1.95 bits per heavy atom. The van der Waals surface area contributed by atoms with Crippen molar-refractivity contribution in [2.45, 2.75) is 0 Å². The van der Waals surface area contributed by atoms with Crippen LogP contribution in [0.1, 0.15) is 5.56 Å². The summed E-state index contributed by atoms with van der Waals surface area (Å²) in [5.41, 5.74) is 0.553. The zero-order valence-electron chi connectivity index (χ0n) is 10.4. The smallest absolute Gasteiger partial charge is 0.260 e. The van der Waals surface area contributed by atoms with Crippen LogP contribution in [0.25, 0.3) is 0 Å². The highest BCUT2D eigenvalue weighted by atomic mass is 32.2. The van der Waals surface area contributed by atoms with Crippen molar-refractivity contribution in [3.63, 3.8) is 0 Å². The lowest BCUT2D eigenvalue weighted by Crippen LogP contribution is -2.43. The molecule has 1 aromatic carbocycles. The zero-order valence-corrected chi connectivity index (χ0v) is 11.2. The summed E-state index contributed by atoms with van der Waals surface area (Å²) in [7, 11) is -0.786. The van der Waals surface area contributed by atoms with Gasteiger partial charge in [0, 0.05) is 35.4 Å². The number of hydrogen-bond donors (Lipinski definition) is 0. The van der Waals surface area contributed by atoms with Crippen molar-refractivity contribution in [1.82, 2.24) is 4.90 Å². The minimum Gasteiger partial charge on any atom is -0.484 e. The number of carbonyl (C=O) groups excluding carboxylic acids is 1. The molecule has 1 aliphatic rings. The number of ether oxygens (including phenoxy) is 1. The van der Waals surface area contributed by atoms with E-state index in [1.165, 1.54) is 0 Å². The molecular weight excluding hydrogens is 264 g/mol. The van der Waals surface area contributed by atoms with E-state index >= 15 is 0 Å². The van der Waals surface area contributed by atoms with E-state index in [1.54, 1.807) is 29.2 Å². The molecule has 1 aliphatic heterocycles. The van der Waals surface area contributed by atoms with Crippen LogP contribution in [0.15, 0.2) is 24.3 Å². The van der Waals surface area contributed by atoms with Crippen molar-refractivity contribution >= 4 is 16.7 Å². The predicted octanol–water partition coefficient (Wildman–Crippen LogP) is 0.528. The van der Waals surface area contributed by atoms with Crippen molar-refractivity contribution < 1.29 is 13.7 Å². The van der Waals surface area contributed by atoms with Crippen LogP contribution in [0.5, 0.6) is 5.75 Å². The fourth-order valence-electron chi connectivity index (χ4n) is 1.75. The standard InChI is InChI=1S/C13H14N2O3S/c14-9-11-1-3-12(4-2-11)18-10-13(16)15-5-7-19(17)8-6-15/h1-4H,5-8,10H2. The van der Waals surface area contributed by atoms with Crippen molar-refractivity contribution in [3.05, 3.63) is 29.8 Å². The fourth-order valence-corrected chi connectivity index (χ4v) is 2.80. The molecule has 1 heterocycles. The topological polar surface area (TPSA) is 70.4 Å². The quantitative estimate of drug-likeness (QED) is 0.808. The van der Waals surface area contributed by atoms with E-state index in [0.29, 0.717) is 35.9 Å². The van der Waals surface area contributed by atoms with Gasteiger partial charge in [-0.15, -0.1) is 0 Å². The Morgan fingerprint density at radius 3 is 2.53 bits per heavy atom. The number of carbonyl (C=O) groups is 1. The molecule has 0 aromatic heterocycles. The first-order valence-corrected chi connectivity index (χ1v) is 7.43. The van der Waals surface area contributed by atoms with Gasteiger partial charge < -0.3 is 9.64 Å². The van der Waals surface area contributed by atoms with E-state index in [9.17, 15) is 9.00 Å². The van der Waals surface area contributed by atoms with Gasteiger partial charge in [0.25, 0.3) is 5.91 Å². The Hall–Kier alpha value is -1.87. The molecule has 0 unspecified atom stereocenters. The third-order valence-corrected chi connectivity index (χ3v) is 4.15. The highest BCUT2D eigenvalue weighted by Crippen LogP contribution is 2.12. The van der Waals surface area contributed by atoms with Gasteiger partial charge in [-0.05, 0) is 24.3 Å². The Balaban J connectivity index is 1.83. The molecule has 5 nitrogen and oxygen atoms in total. The van der Waals surface area contributed by atoms with Crippen LogP contribution >= 0.6 is 0 Å². The van der Waals surface area contributed by atoms with E-state index in [1.807, 2.05) is 6.07 Å². The van der Waals surface area contributed by atoms with Gasteiger partial charge in [0.1, 0.15) is 5.75 Å². The van der Waals surface area contributed by atoms with Gasteiger partial charge in [-0.1, -0.05) is 0 Å². The Kier molecular flexibility index (Phi) is 4.53. The summed E-state index contributed by atoms with van der Waals surface area (Å²) in [5, 5.41) is 8.66. The summed E-state index contributed by atoms with van der Waals surface area (Å²) in [5.74, 6) is 1.56. The van der Waals surface area contributed by atoms with Crippen LogP contribution in [0.4, 0.5) is 0 Å². The molecule has 0 N–H and O–H groups in total. The van der Waals surface area contributed by atoms with Crippen LogP contribution in [-0.2, 0) is 15.6 Å². The summed E-state index contributed by atoms with van der Waals surface area (Å²) in [4.78, 5) is 13.5. The third-order valence-electron chi connectivity index (χ3n) is 2.88. The molecule has 0 spiro atoms. The number of nitriles is 1. The lowest BCUT2D eigenvalue weighted by molar-refractivity contribution is -0.133. The number of rotatable bonds is 3. The second-order valence-corrected chi connectivity index (χ2v) is 5.85. The molecule has 0 atom stereocenters. The summed E-state index contributed by atoms with van der Waals surface area (Å²) in [6.07, 6.45) is 0. The van der Waals surface area contributed by atoms with Gasteiger partial charge in [0.15, 0.2) is 6.61 Å². The number of nitrogens with zero attached hydrogens (tertiary/aromatic N) is 2. The van der Waals surface area contributed by atoms with Gasteiger partial charge in [-0.3, -0.25) is 9.00 Å². The van der Waals surface area contributed by atoms with Gasteiger partial charge in [-0.25, -0.2) is 0 Å². The molecule has 19 heavy (non-hydrogen) atoms. The molecule has 2 rings (SSSR count). The van der Waals surface area contributed by atoms with Crippen molar-refractivity contribution in [2.24, 2.45) is 0 Å². The molecule has 0 aliphatic carbocycles. The summed E-state index contributed by atoms with van der Waals surface area (Å²) < 4.78 is 16.6. The molecule has 1 aromatic rings. The second-order valence-electron chi connectivity index (χ2n) is 4.15. The molecule has 0 radical (unpaired) electrons. The van der Waals surface area contributed by atoms with Crippen LogP contribution in [0.3, 0.4) is 0 Å². The maximum absolute atomic E-state index is 11.9. The van der Waals surface area contributed by atoms with Crippen LogP contribution in [0.2, 0.25) is 0 Å². The second kappa shape index (κ2) is 6.34. The summed E-state index contributed by atoms with van der Waals surface area (Å²) in [6.45, 7) is 1.03. The lowest BCUT2D eigenvalue weighted by Gasteiger charge is -2.26. The van der Waals surface area contributed by atoms with Gasteiger partial charge in [0.05, 0.1) is 11.6 Å². The molecule has 1 fully saturated rings. The van der Waals surface area contributed by atoms with Crippen LogP contribution in [-0.4, -0.2) is 46.2 Å². The number of hydrogen-bond acceptors (Lipinski definition) is 4. The Morgan fingerprint density at radius 1 is 1.32 bits per heavy atom. The molecule has 1 saturated heterocycles. The normalized spacial score (nSPS) is 15.8. The average molecular weight is 278 g/mol. The molecule has 6 heteroatoms. The first-order valence-electron chi connectivity index (χ1n) is 5.95. The van der Waals surface area contributed by atoms with Gasteiger partial charge >= 0.3 is 0 Å².